The Morgan fingerprint density at radius 1 is 1.33 bits per heavy atom. The minimum absolute atomic E-state index is 0.0754. The zero-order chi connectivity index (χ0) is 13.6. The highest BCUT2D eigenvalue weighted by Crippen LogP contribution is 2.25. The lowest BCUT2D eigenvalue weighted by molar-refractivity contribution is -0.136. The molecule has 0 saturated heterocycles. The Labute approximate surface area is 109 Å². The highest BCUT2D eigenvalue weighted by molar-refractivity contribution is 5.87. The van der Waals surface area contributed by atoms with Crippen molar-refractivity contribution in [2.75, 3.05) is 13.1 Å². The molecule has 0 spiro atoms. The average molecular weight is 244 g/mol. The number of carbonyl (C=O) groups excluding carboxylic acids is 1. The summed E-state index contributed by atoms with van der Waals surface area (Å²) >= 11 is 0. The van der Waals surface area contributed by atoms with Gasteiger partial charge in [0.1, 0.15) is 0 Å². The topological polar surface area (TPSA) is 44.1 Å². The van der Waals surface area contributed by atoms with Gasteiger partial charge in [-0.2, -0.15) is 5.26 Å². The Balaban J connectivity index is 2.90. The smallest absolute Gasteiger partial charge is 0.232 e. The third kappa shape index (κ3) is 3.10. The van der Waals surface area contributed by atoms with Crippen LogP contribution >= 0.6 is 0 Å². The fourth-order valence-corrected chi connectivity index (χ4v) is 1.96. The van der Waals surface area contributed by atoms with Crippen molar-refractivity contribution in [1.29, 1.82) is 5.26 Å². The standard InChI is InChI=1S/C15H20N2O/c1-4-17(12-8-11-16)14(18)15(2,3)13-9-6-5-7-10-13/h5-7,9-10H,4,8,12H2,1-3H3. The Bertz CT molecular complexity index is 432. The fourth-order valence-electron chi connectivity index (χ4n) is 1.96. The van der Waals surface area contributed by atoms with Crippen LogP contribution in [0.4, 0.5) is 0 Å². The second-order valence-electron chi connectivity index (χ2n) is 4.78. The summed E-state index contributed by atoms with van der Waals surface area (Å²) < 4.78 is 0. The number of amides is 1. The first-order valence-corrected chi connectivity index (χ1v) is 6.26. The first kappa shape index (κ1) is 14.2. The van der Waals surface area contributed by atoms with E-state index in [4.69, 9.17) is 5.26 Å². The van der Waals surface area contributed by atoms with Crippen LogP contribution in [0.2, 0.25) is 0 Å². The van der Waals surface area contributed by atoms with E-state index in [1.807, 2.05) is 51.1 Å². The minimum Gasteiger partial charge on any atom is -0.341 e. The van der Waals surface area contributed by atoms with Crippen LogP contribution in [0, 0.1) is 11.3 Å². The predicted octanol–water partition coefficient (Wildman–Crippen LogP) is 2.73. The molecule has 0 fully saturated rings. The summed E-state index contributed by atoms with van der Waals surface area (Å²) in [5, 5.41) is 8.62. The van der Waals surface area contributed by atoms with Crippen molar-refractivity contribution in [3.8, 4) is 6.07 Å². The third-order valence-corrected chi connectivity index (χ3v) is 3.19. The quantitative estimate of drug-likeness (QED) is 0.799. The van der Waals surface area contributed by atoms with Crippen molar-refractivity contribution in [2.45, 2.75) is 32.6 Å². The molecule has 0 atom stereocenters. The lowest BCUT2D eigenvalue weighted by Crippen LogP contribution is -2.43. The minimum atomic E-state index is -0.549. The van der Waals surface area contributed by atoms with Crippen LogP contribution in [-0.4, -0.2) is 23.9 Å². The van der Waals surface area contributed by atoms with E-state index >= 15 is 0 Å². The lowest BCUT2D eigenvalue weighted by atomic mass is 9.83. The van der Waals surface area contributed by atoms with Crippen LogP contribution in [0.5, 0.6) is 0 Å². The van der Waals surface area contributed by atoms with Crippen LogP contribution in [0.25, 0.3) is 0 Å². The molecular weight excluding hydrogens is 224 g/mol. The van der Waals surface area contributed by atoms with E-state index in [-0.39, 0.29) is 5.91 Å². The second kappa shape index (κ2) is 6.20. The maximum atomic E-state index is 12.5. The zero-order valence-electron chi connectivity index (χ0n) is 11.3. The molecule has 1 rings (SSSR count). The number of rotatable bonds is 5. The van der Waals surface area contributed by atoms with Gasteiger partial charge in [-0.3, -0.25) is 4.79 Å². The molecule has 0 aliphatic carbocycles. The van der Waals surface area contributed by atoms with Gasteiger partial charge in [0.2, 0.25) is 5.91 Å². The van der Waals surface area contributed by atoms with E-state index in [0.29, 0.717) is 19.5 Å². The van der Waals surface area contributed by atoms with Gasteiger partial charge in [0, 0.05) is 13.1 Å². The fraction of sp³-hybridized carbons (Fsp3) is 0.467. The second-order valence-corrected chi connectivity index (χ2v) is 4.78. The highest BCUT2D eigenvalue weighted by atomic mass is 16.2. The van der Waals surface area contributed by atoms with Gasteiger partial charge in [0.05, 0.1) is 17.9 Å². The van der Waals surface area contributed by atoms with Crippen LogP contribution in [0.3, 0.4) is 0 Å². The number of nitriles is 1. The molecule has 0 aliphatic rings. The Morgan fingerprint density at radius 3 is 2.44 bits per heavy atom. The molecule has 96 valence electrons. The van der Waals surface area contributed by atoms with E-state index in [1.54, 1.807) is 4.90 Å². The van der Waals surface area contributed by atoms with Crippen LogP contribution in [0.1, 0.15) is 32.8 Å². The van der Waals surface area contributed by atoms with Crippen molar-refractivity contribution in [2.24, 2.45) is 0 Å². The Morgan fingerprint density at radius 2 is 1.94 bits per heavy atom. The molecule has 18 heavy (non-hydrogen) atoms. The molecule has 0 unspecified atom stereocenters. The molecule has 0 aromatic heterocycles. The van der Waals surface area contributed by atoms with E-state index in [1.165, 1.54) is 0 Å². The van der Waals surface area contributed by atoms with Crippen molar-refractivity contribution in [3.63, 3.8) is 0 Å². The van der Waals surface area contributed by atoms with E-state index in [2.05, 4.69) is 6.07 Å². The summed E-state index contributed by atoms with van der Waals surface area (Å²) in [4.78, 5) is 14.3. The van der Waals surface area contributed by atoms with Gasteiger partial charge in [0.15, 0.2) is 0 Å². The summed E-state index contributed by atoms with van der Waals surface area (Å²) in [5.41, 5.74) is 0.456. The molecule has 1 aromatic rings. The number of benzene rings is 1. The Hall–Kier alpha value is -1.82. The first-order chi connectivity index (χ1) is 8.54. The molecule has 0 saturated carbocycles. The van der Waals surface area contributed by atoms with E-state index in [0.717, 1.165) is 5.56 Å². The van der Waals surface area contributed by atoms with Crippen molar-refractivity contribution in [3.05, 3.63) is 35.9 Å². The van der Waals surface area contributed by atoms with Gasteiger partial charge in [-0.1, -0.05) is 30.3 Å². The van der Waals surface area contributed by atoms with Gasteiger partial charge < -0.3 is 4.90 Å². The molecule has 3 heteroatoms. The maximum Gasteiger partial charge on any atom is 0.232 e. The number of hydrogen-bond acceptors (Lipinski definition) is 2. The van der Waals surface area contributed by atoms with Crippen LogP contribution in [0.15, 0.2) is 30.3 Å². The summed E-state index contributed by atoms with van der Waals surface area (Å²) in [7, 11) is 0. The monoisotopic (exact) mass is 244 g/mol. The third-order valence-electron chi connectivity index (χ3n) is 3.19. The Kier molecular flexibility index (Phi) is 4.91. The molecule has 0 heterocycles. The summed E-state index contributed by atoms with van der Waals surface area (Å²) in [5.74, 6) is 0.0754. The largest absolute Gasteiger partial charge is 0.341 e. The lowest BCUT2D eigenvalue weighted by Gasteiger charge is -2.31. The van der Waals surface area contributed by atoms with Gasteiger partial charge in [0.25, 0.3) is 0 Å². The summed E-state index contributed by atoms with van der Waals surface area (Å²) in [6.45, 7) is 6.94. The maximum absolute atomic E-state index is 12.5. The first-order valence-electron chi connectivity index (χ1n) is 6.26. The van der Waals surface area contributed by atoms with Crippen molar-refractivity contribution >= 4 is 5.91 Å². The number of hydrogen-bond donors (Lipinski definition) is 0. The summed E-state index contributed by atoms with van der Waals surface area (Å²) in [6.07, 6.45) is 0.379. The van der Waals surface area contributed by atoms with E-state index < -0.39 is 5.41 Å². The molecular formula is C15H20N2O. The van der Waals surface area contributed by atoms with Gasteiger partial charge in [-0.05, 0) is 26.3 Å². The molecule has 0 radical (unpaired) electrons. The average Bonchev–Trinajstić information content (AvgIpc) is 2.40. The van der Waals surface area contributed by atoms with E-state index in [9.17, 15) is 4.79 Å². The normalized spacial score (nSPS) is 10.8. The predicted molar refractivity (Wildman–Crippen MR) is 72.0 cm³/mol. The SMILES string of the molecule is CCN(CCC#N)C(=O)C(C)(C)c1ccccc1. The van der Waals surface area contributed by atoms with Gasteiger partial charge in [-0.25, -0.2) is 0 Å². The zero-order valence-corrected chi connectivity index (χ0v) is 11.3. The van der Waals surface area contributed by atoms with Crippen LogP contribution in [-0.2, 0) is 10.2 Å². The molecule has 0 N–H and O–H groups in total. The molecule has 1 amide bonds. The number of carbonyl (C=O) groups is 1. The molecule has 1 aromatic carbocycles. The molecule has 0 bridgehead atoms. The number of likely N-dealkylation sites (N-methyl/N-ethyl adjacent to an activating group) is 1. The molecule has 0 aliphatic heterocycles. The highest BCUT2D eigenvalue weighted by Gasteiger charge is 2.32. The summed E-state index contributed by atoms with van der Waals surface area (Å²) in [6, 6.07) is 11.8. The van der Waals surface area contributed by atoms with Gasteiger partial charge in [-0.15, -0.1) is 0 Å². The van der Waals surface area contributed by atoms with Gasteiger partial charge >= 0.3 is 0 Å². The van der Waals surface area contributed by atoms with Crippen LogP contribution < -0.4 is 0 Å². The molecule has 3 nitrogen and oxygen atoms in total. The number of nitrogens with zero attached hydrogens (tertiary/aromatic N) is 2. The van der Waals surface area contributed by atoms with Crippen molar-refractivity contribution < 1.29 is 4.79 Å². The van der Waals surface area contributed by atoms with Crippen molar-refractivity contribution in [1.82, 2.24) is 4.90 Å².